The molecule has 0 fully saturated rings. The summed E-state index contributed by atoms with van der Waals surface area (Å²) in [5.74, 6) is -0.279. The van der Waals surface area contributed by atoms with Crippen LogP contribution >= 0.6 is 0 Å². The molecule has 6 nitrogen and oxygen atoms in total. The Morgan fingerprint density at radius 1 is 1.42 bits per heavy atom. The molecule has 0 radical (unpaired) electrons. The number of nitriles is 1. The van der Waals surface area contributed by atoms with Gasteiger partial charge in [0.05, 0.1) is 12.2 Å². The van der Waals surface area contributed by atoms with Gasteiger partial charge < -0.3 is 16.2 Å². The fraction of sp³-hybridized carbons (Fsp3) is 0.154. The molecular weight excluding hydrogens is 244 g/mol. The van der Waals surface area contributed by atoms with Crippen molar-refractivity contribution in [3.05, 3.63) is 34.9 Å². The smallest absolute Gasteiger partial charge is 0.276 e. The predicted molar refractivity (Wildman–Crippen MR) is 70.1 cm³/mol. The van der Waals surface area contributed by atoms with Crippen molar-refractivity contribution in [2.45, 2.75) is 6.42 Å². The van der Waals surface area contributed by atoms with Gasteiger partial charge in [0.2, 0.25) is 0 Å². The number of amides is 1. The van der Waals surface area contributed by atoms with Crippen LogP contribution in [0.5, 0.6) is 5.75 Å². The van der Waals surface area contributed by atoms with Gasteiger partial charge in [-0.25, -0.2) is 0 Å². The number of nitrogens with two attached hydrogens (primary N) is 2. The Bertz CT molecular complexity index is 622. The summed E-state index contributed by atoms with van der Waals surface area (Å²) in [6.45, 7) is 0.295. The summed E-state index contributed by atoms with van der Waals surface area (Å²) >= 11 is 0. The van der Waals surface area contributed by atoms with Crippen LogP contribution in [0.15, 0.2) is 28.8 Å². The largest absolute Gasteiger partial charge is 0.491 e. The van der Waals surface area contributed by atoms with E-state index in [0.29, 0.717) is 35.5 Å². The van der Waals surface area contributed by atoms with Gasteiger partial charge in [-0.1, -0.05) is 12.1 Å². The fourth-order valence-corrected chi connectivity index (χ4v) is 1.80. The van der Waals surface area contributed by atoms with Crippen LogP contribution in [0, 0.1) is 11.3 Å². The highest BCUT2D eigenvalue weighted by atomic mass is 16.5. The van der Waals surface area contributed by atoms with Gasteiger partial charge in [0.1, 0.15) is 11.8 Å². The Labute approximate surface area is 110 Å². The average molecular weight is 256 g/mol. The summed E-state index contributed by atoms with van der Waals surface area (Å²) in [5.41, 5.74) is 11.9. The van der Waals surface area contributed by atoms with Gasteiger partial charge in [-0.3, -0.25) is 4.79 Å². The molecule has 0 atom stereocenters. The Kier molecular flexibility index (Phi) is 3.48. The molecule has 1 aliphatic heterocycles. The number of rotatable bonds is 1. The maximum Gasteiger partial charge on any atom is 0.276 e. The molecule has 96 valence electrons. The minimum atomic E-state index is -0.487. The summed E-state index contributed by atoms with van der Waals surface area (Å²) in [5, 5.41) is 9.01. The normalized spacial score (nSPS) is 13.1. The molecule has 1 aliphatic rings. The fourth-order valence-electron chi connectivity index (χ4n) is 1.80. The van der Waals surface area contributed by atoms with Gasteiger partial charge >= 0.3 is 0 Å². The topological polar surface area (TPSA) is 114 Å². The van der Waals surface area contributed by atoms with Crippen LogP contribution in [-0.4, -0.2) is 18.5 Å². The average Bonchev–Trinajstić information content (AvgIpc) is 2.59. The first-order valence-electron chi connectivity index (χ1n) is 5.62. The summed E-state index contributed by atoms with van der Waals surface area (Å²) in [6, 6.07) is 7.21. The van der Waals surface area contributed by atoms with E-state index >= 15 is 0 Å². The highest BCUT2D eigenvalue weighted by molar-refractivity contribution is 6.04. The molecule has 0 saturated heterocycles. The van der Waals surface area contributed by atoms with Crippen LogP contribution in [0.25, 0.3) is 6.08 Å². The van der Waals surface area contributed by atoms with Crippen LogP contribution < -0.4 is 16.2 Å². The number of guanidine groups is 1. The number of hydrogen-bond acceptors (Lipinski definition) is 3. The SMILES string of the molecule is N#Cc1cccc2c1OCCC(C(=O)N=C(N)N)=C2. The van der Waals surface area contributed by atoms with Crippen LogP contribution in [0.4, 0.5) is 0 Å². The highest BCUT2D eigenvalue weighted by Gasteiger charge is 2.17. The maximum absolute atomic E-state index is 11.8. The van der Waals surface area contributed by atoms with Gasteiger partial charge in [-0.2, -0.15) is 10.3 Å². The van der Waals surface area contributed by atoms with Gasteiger partial charge in [-0.15, -0.1) is 0 Å². The zero-order valence-corrected chi connectivity index (χ0v) is 10.1. The molecule has 6 heteroatoms. The summed E-state index contributed by atoms with van der Waals surface area (Å²) in [6.07, 6.45) is 2.03. The van der Waals surface area contributed by atoms with E-state index < -0.39 is 5.91 Å². The molecule has 2 rings (SSSR count). The molecule has 1 amide bonds. The van der Waals surface area contributed by atoms with Crippen LogP contribution in [-0.2, 0) is 4.79 Å². The van der Waals surface area contributed by atoms with Crippen molar-refractivity contribution in [2.24, 2.45) is 16.5 Å². The first-order chi connectivity index (χ1) is 9.11. The van der Waals surface area contributed by atoms with Crippen molar-refractivity contribution >= 4 is 17.9 Å². The molecule has 0 aromatic heterocycles. The first-order valence-corrected chi connectivity index (χ1v) is 5.62. The van der Waals surface area contributed by atoms with Crippen molar-refractivity contribution in [2.75, 3.05) is 6.61 Å². The molecule has 0 saturated carbocycles. The van der Waals surface area contributed by atoms with Crippen molar-refractivity contribution in [3.8, 4) is 11.8 Å². The third-order valence-corrected chi connectivity index (χ3v) is 2.62. The zero-order chi connectivity index (χ0) is 13.8. The van der Waals surface area contributed by atoms with Gasteiger partial charge in [0.25, 0.3) is 5.91 Å². The van der Waals surface area contributed by atoms with E-state index in [9.17, 15) is 4.79 Å². The van der Waals surface area contributed by atoms with Crippen LogP contribution in [0.1, 0.15) is 17.5 Å². The molecule has 4 N–H and O–H groups in total. The minimum absolute atomic E-state index is 0.276. The monoisotopic (exact) mass is 256 g/mol. The molecular formula is C13H12N4O2. The number of benzene rings is 1. The van der Waals surface area contributed by atoms with Crippen LogP contribution in [0.3, 0.4) is 0 Å². The summed E-state index contributed by atoms with van der Waals surface area (Å²) in [4.78, 5) is 15.3. The number of para-hydroxylation sites is 1. The van der Waals surface area contributed by atoms with Crippen molar-refractivity contribution in [3.63, 3.8) is 0 Å². The van der Waals surface area contributed by atoms with Crippen molar-refractivity contribution in [1.82, 2.24) is 0 Å². The zero-order valence-electron chi connectivity index (χ0n) is 10.1. The number of ether oxygens (including phenoxy) is 1. The predicted octanol–water partition coefficient (Wildman–Crippen LogP) is 0.524. The number of hydrogen-bond donors (Lipinski definition) is 2. The second-order valence-electron chi connectivity index (χ2n) is 3.95. The minimum Gasteiger partial charge on any atom is -0.491 e. The molecule has 1 aromatic carbocycles. The lowest BCUT2D eigenvalue weighted by molar-refractivity contribution is -0.114. The molecule has 1 aromatic rings. The van der Waals surface area contributed by atoms with Crippen molar-refractivity contribution in [1.29, 1.82) is 5.26 Å². The lowest BCUT2D eigenvalue weighted by Gasteiger charge is -2.06. The molecule has 0 unspecified atom stereocenters. The Morgan fingerprint density at radius 3 is 2.89 bits per heavy atom. The van der Waals surface area contributed by atoms with E-state index in [2.05, 4.69) is 11.1 Å². The molecule has 0 aliphatic carbocycles. The van der Waals surface area contributed by atoms with Gasteiger partial charge in [-0.05, 0) is 12.1 Å². The van der Waals surface area contributed by atoms with Crippen LogP contribution in [0.2, 0.25) is 0 Å². The molecule has 1 heterocycles. The van der Waals surface area contributed by atoms with E-state index in [1.54, 1.807) is 24.3 Å². The van der Waals surface area contributed by atoms with E-state index in [1.807, 2.05) is 0 Å². The number of aliphatic imine (C=N–C) groups is 1. The van der Waals surface area contributed by atoms with Gasteiger partial charge in [0.15, 0.2) is 5.96 Å². The lowest BCUT2D eigenvalue weighted by Crippen LogP contribution is -2.24. The first kappa shape index (κ1) is 12.6. The van der Waals surface area contributed by atoms with E-state index in [1.165, 1.54) is 0 Å². The number of carbonyl (C=O) groups is 1. The number of carbonyl (C=O) groups excluding carboxylic acids is 1. The Balaban J connectivity index is 2.45. The third kappa shape index (κ3) is 2.72. The summed E-state index contributed by atoms with van der Waals surface area (Å²) < 4.78 is 5.52. The van der Waals surface area contributed by atoms with Crippen molar-refractivity contribution < 1.29 is 9.53 Å². The third-order valence-electron chi connectivity index (χ3n) is 2.62. The standard InChI is InChI=1S/C13H12N4O2/c14-7-10-3-1-2-8-6-9(4-5-19-11(8)10)12(18)17-13(15)16/h1-3,6H,4-5H2,(H4,15,16,17,18). The molecule has 19 heavy (non-hydrogen) atoms. The number of fused-ring (bicyclic) bond motifs is 1. The Morgan fingerprint density at radius 2 is 2.21 bits per heavy atom. The second kappa shape index (κ2) is 5.23. The van der Waals surface area contributed by atoms with E-state index in [0.717, 1.165) is 0 Å². The van der Waals surface area contributed by atoms with E-state index in [-0.39, 0.29) is 5.96 Å². The van der Waals surface area contributed by atoms with Gasteiger partial charge in [0, 0.05) is 17.6 Å². The summed E-state index contributed by atoms with van der Waals surface area (Å²) in [7, 11) is 0. The van der Waals surface area contributed by atoms with E-state index in [4.69, 9.17) is 21.5 Å². The number of nitrogens with zero attached hydrogens (tertiary/aromatic N) is 2. The maximum atomic E-state index is 11.8. The Hall–Kier alpha value is -2.81. The highest BCUT2D eigenvalue weighted by Crippen LogP contribution is 2.29. The molecule has 0 bridgehead atoms. The lowest BCUT2D eigenvalue weighted by atomic mass is 10.1. The second-order valence-corrected chi connectivity index (χ2v) is 3.95. The quantitative estimate of drug-likeness (QED) is 0.561. The molecule has 0 spiro atoms.